The number of amides is 1. The van der Waals surface area contributed by atoms with Gasteiger partial charge in [-0.3, -0.25) is 4.79 Å². The number of alkyl halides is 3. The van der Waals surface area contributed by atoms with Crippen LogP contribution >= 0.6 is 0 Å². The zero-order chi connectivity index (χ0) is 19.6. The van der Waals surface area contributed by atoms with Gasteiger partial charge in [-0.25, -0.2) is 8.42 Å². The Kier molecular flexibility index (Phi) is 5.86. The second-order valence-electron chi connectivity index (χ2n) is 6.33. The molecular formula is C16H21F3N2O4S. The minimum Gasteiger partial charge on any atom is -0.406 e. The average molecular weight is 394 g/mol. The SMILES string of the molecule is CC(NC(=O)C1(S(C)(=O)=O)CCNCC1)c1ccc(OC(F)(F)F)cc1. The van der Waals surface area contributed by atoms with Crippen molar-refractivity contribution in [3.05, 3.63) is 29.8 Å². The first-order valence-electron chi connectivity index (χ1n) is 8.02. The molecule has 0 aliphatic carbocycles. The van der Waals surface area contributed by atoms with Crippen LogP contribution in [0.5, 0.6) is 5.75 Å². The molecule has 0 radical (unpaired) electrons. The molecule has 10 heteroatoms. The molecule has 6 nitrogen and oxygen atoms in total. The second kappa shape index (κ2) is 7.43. The van der Waals surface area contributed by atoms with Crippen LogP contribution in [0, 0.1) is 0 Å². The Morgan fingerprint density at radius 2 is 1.77 bits per heavy atom. The summed E-state index contributed by atoms with van der Waals surface area (Å²) in [5.41, 5.74) is 0.533. The topological polar surface area (TPSA) is 84.5 Å². The van der Waals surface area contributed by atoms with Crippen molar-refractivity contribution in [2.45, 2.75) is 36.9 Å². The van der Waals surface area contributed by atoms with E-state index in [1.54, 1.807) is 6.92 Å². The molecule has 1 aromatic rings. The van der Waals surface area contributed by atoms with Crippen molar-refractivity contribution in [1.29, 1.82) is 0 Å². The van der Waals surface area contributed by atoms with Crippen LogP contribution in [0.15, 0.2) is 24.3 Å². The zero-order valence-electron chi connectivity index (χ0n) is 14.4. The highest BCUT2D eigenvalue weighted by atomic mass is 32.2. The number of benzene rings is 1. The molecule has 1 heterocycles. The van der Waals surface area contributed by atoms with E-state index in [9.17, 15) is 26.4 Å². The monoisotopic (exact) mass is 394 g/mol. The largest absolute Gasteiger partial charge is 0.573 e. The summed E-state index contributed by atoms with van der Waals surface area (Å²) in [4.78, 5) is 12.7. The summed E-state index contributed by atoms with van der Waals surface area (Å²) >= 11 is 0. The number of nitrogens with one attached hydrogen (secondary N) is 2. The summed E-state index contributed by atoms with van der Waals surface area (Å²) in [5, 5.41) is 5.70. The highest BCUT2D eigenvalue weighted by Crippen LogP contribution is 2.30. The van der Waals surface area contributed by atoms with Crippen molar-refractivity contribution >= 4 is 15.7 Å². The Hall–Kier alpha value is -1.81. The first-order chi connectivity index (χ1) is 11.9. The second-order valence-corrected chi connectivity index (χ2v) is 8.65. The summed E-state index contributed by atoms with van der Waals surface area (Å²) in [6.07, 6.45) is -3.39. The van der Waals surface area contributed by atoms with Gasteiger partial charge in [0.2, 0.25) is 5.91 Å². The molecule has 26 heavy (non-hydrogen) atoms. The maximum absolute atomic E-state index is 12.7. The van der Waals surface area contributed by atoms with E-state index in [1.165, 1.54) is 12.1 Å². The van der Waals surface area contributed by atoms with Gasteiger partial charge in [-0.1, -0.05) is 12.1 Å². The van der Waals surface area contributed by atoms with Gasteiger partial charge in [0.15, 0.2) is 14.6 Å². The van der Waals surface area contributed by atoms with Crippen LogP contribution in [0.1, 0.15) is 31.4 Å². The molecule has 0 saturated carbocycles. The van der Waals surface area contributed by atoms with E-state index in [2.05, 4.69) is 15.4 Å². The number of rotatable bonds is 5. The summed E-state index contributed by atoms with van der Waals surface area (Å²) in [6, 6.07) is 4.49. The standard InChI is InChI=1S/C16H21F3N2O4S/c1-11(12-3-5-13(6-4-12)25-16(17,18)19)21-14(22)15(26(2,23)24)7-9-20-10-8-15/h3-6,11,20H,7-10H2,1-2H3,(H,21,22). The molecule has 1 atom stereocenters. The Bertz CT molecular complexity index is 742. The number of ether oxygens (including phenoxy) is 1. The lowest BCUT2D eigenvalue weighted by atomic mass is 9.95. The molecule has 2 rings (SSSR count). The predicted octanol–water partition coefficient (Wildman–Crippen LogP) is 1.93. The first kappa shape index (κ1) is 20.5. The molecule has 1 unspecified atom stereocenters. The zero-order valence-corrected chi connectivity index (χ0v) is 15.2. The summed E-state index contributed by atoms with van der Waals surface area (Å²) in [6.45, 7) is 2.46. The average Bonchev–Trinajstić information content (AvgIpc) is 2.53. The van der Waals surface area contributed by atoms with E-state index in [4.69, 9.17) is 0 Å². The van der Waals surface area contributed by atoms with Gasteiger partial charge >= 0.3 is 6.36 Å². The van der Waals surface area contributed by atoms with E-state index in [0.29, 0.717) is 18.7 Å². The van der Waals surface area contributed by atoms with Gasteiger partial charge in [0.25, 0.3) is 0 Å². The minimum atomic E-state index is -4.78. The molecule has 0 bridgehead atoms. The van der Waals surface area contributed by atoms with Gasteiger partial charge in [0.1, 0.15) is 5.75 Å². The molecule has 2 N–H and O–H groups in total. The van der Waals surface area contributed by atoms with Crippen molar-refractivity contribution in [3.8, 4) is 5.75 Å². The molecule has 0 aromatic heterocycles. The summed E-state index contributed by atoms with van der Waals surface area (Å²) in [5.74, 6) is -0.963. The number of hydrogen-bond donors (Lipinski definition) is 2. The first-order valence-corrected chi connectivity index (χ1v) is 9.91. The van der Waals surface area contributed by atoms with Crippen molar-refractivity contribution in [3.63, 3.8) is 0 Å². The van der Waals surface area contributed by atoms with E-state index in [1.807, 2.05) is 0 Å². The molecule has 1 saturated heterocycles. The quantitative estimate of drug-likeness (QED) is 0.797. The highest BCUT2D eigenvalue weighted by Gasteiger charge is 2.48. The van der Waals surface area contributed by atoms with E-state index >= 15 is 0 Å². The summed E-state index contributed by atoms with van der Waals surface area (Å²) in [7, 11) is -3.64. The van der Waals surface area contributed by atoms with Crippen molar-refractivity contribution in [2.75, 3.05) is 19.3 Å². The maximum Gasteiger partial charge on any atom is 0.573 e. The Morgan fingerprint density at radius 3 is 2.23 bits per heavy atom. The van der Waals surface area contributed by atoms with Crippen molar-refractivity contribution in [1.82, 2.24) is 10.6 Å². The normalized spacial score (nSPS) is 18.8. The fourth-order valence-corrected chi connectivity index (χ4v) is 4.31. The van der Waals surface area contributed by atoms with Crippen LogP contribution in [-0.4, -0.2) is 44.8 Å². The fourth-order valence-electron chi connectivity index (χ4n) is 2.97. The van der Waals surface area contributed by atoms with Crippen LogP contribution < -0.4 is 15.4 Å². The van der Waals surface area contributed by atoms with E-state index < -0.39 is 32.9 Å². The van der Waals surface area contributed by atoms with Crippen LogP contribution in [0.3, 0.4) is 0 Å². The Balaban J connectivity index is 2.12. The molecule has 1 amide bonds. The van der Waals surface area contributed by atoms with E-state index in [0.717, 1.165) is 18.4 Å². The third-order valence-electron chi connectivity index (χ3n) is 4.50. The smallest absolute Gasteiger partial charge is 0.406 e. The van der Waals surface area contributed by atoms with E-state index in [-0.39, 0.29) is 18.6 Å². The molecule has 1 fully saturated rings. The van der Waals surface area contributed by atoms with Gasteiger partial charge < -0.3 is 15.4 Å². The Morgan fingerprint density at radius 1 is 1.23 bits per heavy atom. The number of carbonyl (C=O) groups is 1. The van der Waals surface area contributed by atoms with Crippen LogP contribution in [0.2, 0.25) is 0 Å². The van der Waals surface area contributed by atoms with Gasteiger partial charge in [-0.05, 0) is 50.6 Å². The van der Waals surface area contributed by atoms with Gasteiger partial charge in [-0.15, -0.1) is 13.2 Å². The van der Waals surface area contributed by atoms with Crippen molar-refractivity contribution < 1.29 is 31.1 Å². The lowest BCUT2D eigenvalue weighted by Gasteiger charge is -2.35. The molecule has 0 spiro atoms. The lowest BCUT2D eigenvalue weighted by molar-refractivity contribution is -0.274. The molecular weight excluding hydrogens is 373 g/mol. The van der Waals surface area contributed by atoms with Gasteiger partial charge in [-0.2, -0.15) is 0 Å². The Labute approximate surface area is 150 Å². The third kappa shape index (κ3) is 4.67. The summed E-state index contributed by atoms with van der Waals surface area (Å²) < 4.78 is 63.3. The number of carbonyl (C=O) groups excluding carboxylic acids is 1. The fraction of sp³-hybridized carbons (Fsp3) is 0.562. The highest BCUT2D eigenvalue weighted by molar-refractivity contribution is 7.92. The molecule has 1 aliphatic heterocycles. The number of sulfone groups is 1. The van der Waals surface area contributed by atoms with Gasteiger partial charge in [0.05, 0.1) is 6.04 Å². The van der Waals surface area contributed by atoms with Crippen molar-refractivity contribution in [2.24, 2.45) is 0 Å². The lowest BCUT2D eigenvalue weighted by Crippen LogP contribution is -2.57. The van der Waals surface area contributed by atoms with Crippen LogP contribution in [0.4, 0.5) is 13.2 Å². The number of piperidine rings is 1. The van der Waals surface area contributed by atoms with Gasteiger partial charge in [0, 0.05) is 6.26 Å². The molecule has 1 aliphatic rings. The molecule has 146 valence electrons. The predicted molar refractivity (Wildman–Crippen MR) is 89.4 cm³/mol. The minimum absolute atomic E-state index is 0.169. The maximum atomic E-state index is 12.7. The third-order valence-corrected chi connectivity index (χ3v) is 6.51. The van der Waals surface area contributed by atoms with Crippen LogP contribution in [-0.2, 0) is 14.6 Å². The number of hydrogen-bond acceptors (Lipinski definition) is 5. The number of halogens is 3. The van der Waals surface area contributed by atoms with Crippen LogP contribution in [0.25, 0.3) is 0 Å². The molecule has 1 aromatic carbocycles.